The summed E-state index contributed by atoms with van der Waals surface area (Å²) in [5.74, 6) is 0. The molecule has 0 unspecified atom stereocenters. The molecule has 0 aliphatic rings. The predicted molar refractivity (Wildman–Crippen MR) is 67.3 cm³/mol. The summed E-state index contributed by atoms with van der Waals surface area (Å²) in [6.45, 7) is 15.8. The molecule has 0 saturated carbocycles. The topological polar surface area (TPSA) is 0 Å². The van der Waals surface area contributed by atoms with E-state index in [0.29, 0.717) is 0 Å². The van der Waals surface area contributed by atoms with Crippen LogP contribution in [-0.4, -0.2) is 0 Å². The molecule has 0 N–H and O–H groups in total. The molecule has 1 aromatic rings. The molecule has 0 spiro atoms. The van der Waals surface area contributed by atoms with Crippen LogP contribution in [0.5, 0.6) is 0 Å². The first kappa shape index (κ1) is 12.7. The van der Waals surface area contributed by atoms with Crippen molar-refractivity contribution in [1.82, 2.24) is 0 Å². The zero-order valence-corrected chi connectivity index (χ0v) is 9.72. The van der Waals surface area contributed by atoms with Crippen molar-refractivity contribution in [2.24, 2.45) is 0 Å². The molecule has 76 valence electrons. The van der Waals surface area contributed by atoms with Crippen LogP contribution in [0.25, 0.3) is 11.6 Å². The zero-order chi connectivity index (χ0) is 11.1. The Hall–Kier alpha value is -1.30. The van der Waals surface area contributed by atoms with Crippen molar-refractivity contribution in [2.45, 2.75) is 27.7 Å². The minimum atomic E-state index is 1.09. The largest absolute Gasteiger partial charge is 0.0984 e. The lowest BCUT2D eigenvalue weighted by Crippen LogP contribution is -1.85. The number of hydrogen-bond donors (Lipinski definition) is 0. The molecule has 0 amide bonds. The van der Waals surface area contributed by atoms with Crippen molar-refractivity contribution in [3.05, 3.63) is 48.0 Å². The number of hydrogen-bond acceptors (Lipinski definition) is 0. The molecular weight excluding hydrogens is 168 g/mol. The van der Waals surface area contributed by atoms with E-state index in [1.807, 2.05) is 26.8 Å². The molecule has 0 heterocycles. The molecule has 0 saturated heterocycles. The van der Waals surface area contributed by atoms with Gasteiger partial charge in [0.2, 0.25) is 0 Å². The Morgan fingerprint density at radius 1 is 1.29 bits per heavy atom. The molecule has 0 atom stereocenters. The standard InChI is InChI=1S/C12H14.C2H6/c1-5-11-8-10(4)6-7-12(11)9(2)3;1-2/h5-8H,1-2H2,3-4H3;1-2H3. The number of allylic oxidation sites excluding steroid dienone is 1. The van der Waals surface area contributed by atoms with Crippen LogP contribution < -0.4 is 0 Å². The summed E-state index contributed by atoms with van der Waals surface area (Å²) < 4.78 is 0. The summed E-state index contributed by atoms with van der Waals surface area (Å²) in [5.41, 5.74) is 4.71. The van der Waals surface area contributed by atoms with E-state index in [1.54, 1.807) is 0 Å². The minimum Gasteiger partial charge on any atom is -0.0984 e. The molecule has 0 fully saturated rings. The van der Waals surface area contributed by atoms with Gasteiger partial charge < -0.3 is 0 Å². The third-order valence-corrected chi connectivity index (χ3v) is 1.89. The Morgan fingerprint density at radius 2 is 1.86 bits per heavy atom. The van der Waals surface area contributed by atoms with Crippen molar-refractivity contribution in [3.8, 4) is 0 Å². The van der Waals surface area contributed by atoms with Crippen LogP contribution >= 0.6 is 0 Å². The highest BCUT2D eigenvalue weighted by Crippen LogP contribution is 2.19. The van der Waals surface area contributed by atoms with Gasteiger partial charge in [-0.3, -0.25) is 0 Å². The molecule has 0 aliphatic heterocycles. The summed E-state index contributed by atoms with van der Waals surface area (Å²) in [4.78, 5) is 0. The molecule has 0 radical (unpaired) electrons. The van der Waals surface area contributed by atoms with Crippen molar-refractivity contribution in [1.29, 1.82) is 0 Å². The number of aryl methyl sites for hydroxylation is 1. The third kappa shape index (κ3) is 3.21. The van der Waals surface area contributed by atoms with Crippen LogP contribution in [0, 0.1) is 6.92 Å². The molecular formula is C14H20. The van der Waals surface area contributed by atoms with Gasteiger partial charge in [0.25, 0.3) is 0 Å². The van der Waals surface area contributed by atoms with E-state index in [9.17, 15) is 0 Å². The van der Waals surface area contributed by atoms with E-state index >= 15 is 0 Å². The number of rotatable bonds is 2. The molecule has 0 bridgehead atoms. The Balaban J connectivity index is 0.000000791. The lowest BCUT2D eigenvalue weighted by molar-refractivity contribution is 1.43. The number of benzene rings is 1. The molecule has 14 heavy (non-hydrogen) atoms. The van der Waals surface area contributed by atoms with E-state index < -0.39 is 0 Å². The fourth-order valence-corrected chi connectivity index (χ4v) is 1.24. The lowest BCUT2D eigenvalue weighted by Gasteiger charge is -2.05. The van der Waals surface area contributed by atoms with Gasteiger partial charge in [0.15, 0.2) is 0 Å². The summed E-state index contributed by atoms with van der Waals surface area (Å²) in [6, 6.07) is 6.31. The van der Waals surface area contributed by atoms with Crippen LogP contribution in [-0.2, 0) is 0 Å². The van der Waals surface area contributed by atoms with Gasteiger partial charge in [0, 0.05) is 0 Å². The van der Waals surface area contributed by atoms with Crippen LogP contribution in [0.2, 0.25) is 0 Å². The highest BCUT2D eigenvalue weighted by atomic mass is 14.0. The quantitative estimate of drug-likeness (QED) is 0.631. The molecule has 0 nitrogen and oxygen atoms in total. The first-order chi connectivity index (χ1) is 6.65. The summed E-state index contributed by atoms with van der Waals surface area (Å²) >= 11 is 0. The van der Waals surface area contributed by atoms with Gasteiger partial charge in [0.05, 0.1) is 0 Å². The maximum absolute atomic E-state index is 3.92. The molecule has 1 aromatic carbocycles. The lowest BCUT2D eigenvalue weighted by atomic mass is 10.00. The van der Waals surface area contributed by atoms with Crippen LogP contribution in [0.15, 0.2) is 31.4 Å². The first-order valence-corrected chi connectivity index (χ1v) is 5.04. The summed E-state index contributed by atoms with van der Waals surface area (Å²) in [5, 5.41) is 0. The monoisotopic (exact) mass is 188 g/mol. The van der Waals surface area contributed by atoms with Gasteiger partial charge in [-0.1, -0.05) is 62.4 Å². The average Bonchev–Trinajstić information content (AvgIpc) is 2.20. The van der Waals surface area contributed by atoms with Crippen molar-refractivity contribution >= 4 is 11.6 Å². The van der Waals surface area contributed by atoms with Gasteiger partial charge in [-0.05, 0) is 25.0 Å². The SMILES string of the molecule is C=Cc1cc(C)ccc1C(=C)C.CC. The smallest absolute Gasteiger partial charge is 0.0161 e. The van der Waals surface area contributed by atoms with Crippen molar-refractivity contribution < 1.29 is 0 Å². The maximum Gasteiger partial charge on any atom is -0.0161 e. The van der Waals surface area contributed by atoms with E-state index in [2.05, 4.69) is 38.3 Å². The molecule has 0 aliphatic carbocycles. The van der Waals surface area contributed by atoms with Crippen molar-refractivity contribution in [2.75, 3.05) is 0 Å². The minimum absolute atomic E-state index is 1.09. The maximum atomic E-state index is 3.92. The van der Waals surface area contributed by atoms with E-state index in [-0.39, 0.29) is 0 Å². The summed E-state index contributed by atoms with van der Waals surface area (Å²) in [6.07, 6.45) is 1.87. The average molecular weight is 188 g/mol. The van der Waals surface area contributed by atoms with E-state index in [1.165, 1.54) is 16.7 Å². The Labute approximate surface area is 88.0 Å². The highest BCUT2D eigenvalue weighted by molar-refractivity contribution is 5.71. The van der Waals surface area contributed by atoms with Crippen LogP contribution in [0.4, 0.5) is 0 Å². The van der Waals surface area contributed by atoms with Gasteiger partial charge in [-0.25, -0.2) is 0 Å². The Kier molecular flexibility index (Phi) is 5.62. The van der Waals surface area contributed by atoms with E-state index in [0.717, 1.165) is 5.57 Å². The fourth-order valence-electron chi connectivity index (χ4n) is 1.24. The van der Waals surface area contributed by atoms with Gasteiger partial charge in [0.1, 0.15) is 0 Å². The molecule has 1 rings (SSSR count). The Bertz CT molecular complexity index is 319. The third-order valence-electron chi connectivity index (χ3n) is 1.89. The second-order valence-corrected chi connectivity index (χ2v) is 3.08. The van der Waals surface area contributed by atoms with Crippen LogP contribution in [0.3, 0.4) is 0 Å². The molecule has 0 aromatic heterocycles. The fraction of sp³-hybridized carbons (Fsp3) is 0.286. The summed E-state index contributed by atoms with van der Waals surface area (Å²) in [7, 11) is 0. The second-order valence-electron chi connectivity index (χ2n) is 3.08. The van der Waals surface area contributed by atoms with Gasteiger partial charge >= 0.3 is 0 Å². The highest BCUT2D eigenvalue weighted by Gasteiger charge is 1.98. The Morgan fingerprint density at radius 3 is 2.29 bits per heavy atom. The predicted octanol–water partition coefficient (Wildman–Crippen LogP) is 4.70. The van der Waals surface area contributed by atoms with Gasteiger partial charge in [-0.2, -0.15) is 0 Å². The second kappa shape index (κ2) is 6.20. The van der Waals surface area contributed by atoms with Crippen molar-refractivity contribution in [3.63, 3.8) is 0 Å². The van der Waals surface area contributed by atoms with E-state index in [4.69, 9.17) is 0 Å². The first-order valence-electron chi connectivity index (χ1n) is 5.04. The zero-order valence-electron chi connectivity index (χ0n) is 9.72. The van der Waals surface area contributed by atoms with Crippen LogP contribution in [0.1, 0.15) is 37.5 Å². The molecule has 0 heteroatoms. The van der Waals surface area contributed by atoms with Gasteiger partial charge in [-0.15, -0.1) is 0 Å². The normalized spacial score (nSPS) is 8.57.